The number of fused-ring (bicyclic) bond motifs is 1. The number of carbonyl (C=O) groups excluding carboxylic acids is 2. The Balaban J connectivity index is 1.53. The highest BCUT2D eigenvalue weighted by Gasteiger charge is 2.26. The Morgan fingerprint density at radius 2 is 1.77 bits per heavy atom. The fourth-order valence-corrected chi connectivity index (χ4v) is 3.48. The summed E-state index contributed by atoms with van der Waals surface area (Å²) < 4.78 is 5.03. The van der Waals surface area contributed by atoms with Gasteiger partial charge in [0.1, 0.15) is 0 Å². The SMILES string of the molecule is O=C(NNC(=S)NC1N=C(c2ccccc2)c2ccccc2CC1=O)c1ccc(Cl)o1. The number of aliphatic imine (C=N–C) groups is 1. The van der Waals surface area contributed by atoms with E-state index >= 15 is 0 Å². The summed E-state index contributed by atoms with van der Waals surface area (Å²) in [6.45, 7) is 0. The van der Waals surface area contributed by atoms with Gasteiger partial charge in [0.15, 0.2) is 28.0 Å². The van der Waals surface area contributed by atoms with Crippen molar-refractivity contribution in [1.82, 2.24) is 16.2 Å². The zero-order chi connectivity index (χ0) is 21.8. The number of Topliss-reactive ketones (excluding diaryl/α,β-unsaturated/α-hetero) is 1. The highest BCUT2D eigenvalue weighted by molar-refractivity contribution is 7.80. The predicted octanol–water partition coefficient (Wildman–Crippen LogP) is 3.03. The summed E-state index contributed by atoms with van der Waals surface area (Å²) in [4.78, 5) is 29.6. The lowest BCUT2D eigenvalue weighted by Gasteiger charge is -2.16. The zero-order valence-electron chi connectivity index (χ0n) is 16.1. The van der Waals surface area contributed by atoms with Gasteiger partial charge in [-0.05, 0) is 41.5 Å². The number of ketones is 1. The first-order valence-corrected chi connectivity index (χ1v) is 10.2. The van der Waals surface area contributed by atoms with Crippen LogP contribution in [-0.2, 0) is 11.2 Å². The van der Waals surface area contributed by atoms with Gasteiger partial charge in [0.2, 0.25) is 0 Å². The number of hydrogen-bond acceptors (Lipinski definition) is 5. The van der Waals surface area contributed by atoms with Gasteiger partial charge in [0, 0.05) is 17.5 Å². The van der Waals surface area contributed by atoms with E-state index in [-0.39, 0.29) is 28.3 Å². The third-order valence-corrected chi connectivity index (χ3v) is 5.02. The van der Waals surface area contributed by atoms with Crippen molar-refractivity contribution < 1.29 is 14.0 Å². The molecule has 1 atom stereocenters. The van der Waals surface area contributed by atoms with E-state index < -0.39 is 12.1 Å². The Bertz CT molecular complexity index is 1180. The van der Waals surface area contributed by atoms with E-state index in [4.69, 9.17) is 28.2 Å². The number of nitrogens with one attached hydrogen (secondary N) is 3. The number of hydrazine groups is 1. The monoisotopic (exact) mass is 452 g/mol. The van der Waals surface area contributed by atoms with Gasteiger partial charge in [-0.25, -0.2) is 0 Å². The number of furan rings is 1. The van der Waals surface area contributed by atoms with E-state index in [0.717, 1.165) is 16.7 Å². The van der Waals surface area contributed by atoms with Crippen molar-refractivity contribution in [2.45, 2.75) is 12.6 Å². The van der Waals surface area contributed by atoms with Crippen molar-refractivity contribution in [3.8, 4) is 0 Å². The summed E-state index contributed by atoms with van der Waals surface area (Å²) in [5.41, 5.74) is 8.30. The minimum atomic E-state index is -0.919. The maximum atomic E-state index is 12.9. The quantitative estimate of drug-likeness (QED) is 0.417. The normalized spacial score (nSPS) is 15.3. The predicted molar refractivity (Wildman–Crippen MR) is 121 cm³/mol. The molecule has 0 spiro atoms. The molecule has 7 nitrogen and oxygen atoms in total. The second kappa shape index (κ2) is 9.11. The lowest BCUT2D eigenvalue weighted by molar-refractivity contribution is -0.119. The third kappa shape index (κ3) is 4.82. The maximum absolute atomic E-state index is 12.9. The molecule has 0 saturated heterocycles. The molecule has 2 heterocycles. The Morgan fingerprint density at radius 3 is 2.52 bits per heavy atom. The van der Waals surface area contributed by atoms with Crippen LogP contribution in [0.4, 0.5) is 0 Å². The van der Waals surface area contributed by atoms with Gasteiger partial charge in [-0.15, -0.1) is 0 Å². The minimum absolute atomic E-state index is 0.0191. The summed E-state index contributed by atoms with van der Waals surface area (Å²) >= 11 is 10.9. The van der Waals surface area contributed by atoms with E-state index in [0.29, 0.717) is 5.71 Å². The van der Waals surface area contributed by atoms with Gasteiger partial charge >= 0.3 is 5.91 Å². The molecule has 156 valence electrons. The highest BCUT2D eigenvalue weighted by atomic mass is 35.5. The average molecular weight is 453 g/mol. The first kappa shape index (κ1) is 20.8. The van der Waals surface area contributed by atoms with Crippen molar-refractivity contribution in [2.75, 3.05) is 0 Å². The van der Waals surface area contributed by atoms with E-state index in [1.807, 2.05) is 54.6 Å². The second-order valence-corrected chi connectivity index (χ2v) is 7.48. The Morgan fingerprint density at radius 1 is 1.03 bits per heavy atom. The van der Waals surface area contributed by atoms with Crippen molar-refractivity contribution in [1.29, 1.82) is 0 Å². The van der Waals surface area contributed by atoms with Crippen LogP contribution < -0.4 is 16.2 Å². The third-order valence-electron chi connectivity index (χ3n) is 4.60. The molecule has 1 amide bonds. The van der Waals surface area contributed by atoms with Crippen LogP contribution in [-0.4, -0.2) is 28.7 Å². The molecule has 0 bridgehead atoms. The summed E-state index contributed by atoms with van der Waals surface area (Å²) in [5, 5.41) is 3.00. The largest absolute Gasteiger partial charge is 0.439 e. The number of halogens is 1. The molecule has 9 heteroatoms. The second-order valence-electron chi connectivity index (χ2n) is 6.70. The molecular formula is C22H17ClN4O3S. The lowest BCUT2D eigenvalue weighted by Crippen LogP contribution is -2.51. The molecule has 4 rings (SSSR count). The molecule has 0 saturated carbocycles. The minimum Gasteiger partial charge on any atom is -0.439 e. The number of benzene rings is 2. The number of nitrogens with zero attached hydrogens (tertiary/aromatic N) is 1. The molecule has 0 aliphatic carbocycles. The Kier molecular flexibility index (Phi) is 6.11. The molecular weight excluding hydrogens is 436 g/mol. The number of thiocarbonyl (C=S) groups is 1. The van der Waals surface area contributed by atoms with Gasteiger partial charge in [-0.3, -0.25) is 25.4 Å². The molecule has 1 aliphatic rings. The van der Waals surface area contributed by atoms with E-state index in [1.54, 1.807) is 0 Å². The molecule has 31 heavy (non-hydrogen) atoms. The van der Waals surface area contributed by atoms with Gasteiger partial charge in [0.05, 0.1) is 5.71 Å². The van der Waals surface area contributed by atoms with Crippen molar-refractivity contribution in [3.05, 3.63) is 94.4 Å². The number of amides is 1. The Labute approximate surface area is 188 Å². The Hall–Kier alpha value is -3.49. The first-order chi connectivity index (χ1) is 15.0. The molecule has 2 aromatic carbocycles. The molecule has 1 unspecified atom stereocenters. The van der Waals surface area contributed by atoms with Crippen LogP contribution in [0.3, 0.4) is 0 Å². The number of hydrogen-bond donors (Lipinski definition) is 3. The maximum Gasteiger partial charge on any atom is 0.305 e. The summed E-state index contributed by atoms with van der Waals surface area (Å²) in [5.74, 6) is -0.693. The van der Waals surface area contributed by atoms with Gasteiger partial charge in [0.25, 0.3) is 0 Å². The van der Waals surface area contributed by atoms with Gasteiger partial charge in [-0.1, -0.05) is 54.6 Å². The smallest absolute Gasteiger partial charge is 0.305 e. The fourth-order valence-electron chi connectivity index (χ4n) is 3.17. The lowest BCUT2D eigenvalue weighted by atomic mass is 9.96. The van der Waals surface area contributed by atoms with Crippen LogP contribution in [0.15, 0.2) is 76.1 Å². The average Bonchev–Trinajstić information content (AvgIpc) is 3.16. The first-order valence-electron chi connectivity index (χ1n) is 9.37. The van der Waals surface area contributed by atoms with Crippen LogP contribution in [0.5, 0.6) is 0 Å². The number of rotatable bonds is 3. The molecule has 1 aliphatic heterocycles. The van der Waals surface area contributed by atoms with Crippen LogP contribution in [0, 0.1) is 0 Å². The topological polar surface area (TPSA) is 95.7 Å². The fraction of sp³-hybridized carbons (Fsp3) is 0.0909. The summed E-state index contributed by atoms with van der Waals surface area (Å²) in [6.07, 6.45) is -0.717. The van der Waals surface area contributed by atoms with E-state index in [2.05, 4.69) is 21.2 Å². The molecule has 3 aromatic rings. The van der Waals surface area contributed by atoms with Crippen molar-refractivity contribution in [3.63, 3.8) is 0 Å². The summed E-state index contributed by atoms with van der Waals surface area (Å²) in [7, 11) is 0. The van der Waals surface area contributed by atoms with Crippen molar-refractivity contribution >= 4 is 46.3 Å². The molecule has 0 radical (unpaired) electrons. The van der Waals surface area contributed by atoms with E-state index in [1.165, 1.54) is 12.1 Å². The molecule has 0 fully saturated rings. The van der Waals surface area contributed by atoms with Gasteiger partial charge in [-0.2, -0.15) is 0 Å². The molecule has 3 N–H and O–H groups in total. The van der Waals surface area contributed by atoms with Crippen LogP contribution in [0.2, 0.25) is 5.22 Å². The molecule has 1 aromatic heterocycles. The number of carbonyl (C=O) groups is 2. The van der Waals surface area contributed by atoms with Crippen LogP contribution in [0.25, 0.3) is 0 Å². The highest BCUT2D eigenvalue weighted by Crippen LogP contribution is 2.21. The van der Waals surface area contributed by atoms with Crippen LogP contribution in [0.1, 0.15) is 27.2 Å². The zero-order valence-corrected chi connectivity index (χ0v) is 17.7. The van der Waals surface area contributed by atoms with Crippen molar-refractivity contribution in [2.24, 2.45) is 4.99 Å². The standard InChI is InChI=1S/C22H17ClN4O3S/c23-18-11-10-17(30-18)21(29)26-27-22(31)25-20-16(28)12-14-8-4-5-9-15(14)19(24-20)13-6-2-1-3-7-13/h1-11,20H,12H2,(H,26,29)(H2,25,27,31). The van der Waals surface area contributed by atoms with Crippen LogP contribution >= 0.6 is 23.8 Å². The van der Waals surface area contributed by atoms with Gasteiger partial charge < -0.3 is 9.73 Å². The summed E-state index contributed by atoms with van der Waals surface area (Å²) in [6, 6.07) is 20.2. The van der Waals surface area contributed by atoms with E-state index in [9.17, 15) is 9.59 Å².